The molecular formula is C18H25N3OS. The minimum atomic E-state index is -0.0741. The van der Waals surface area contributed by atoms with Crippen LogP contribution in [0.15, 0.2) is 41.0 Å². The maximum atomic E-state index is 9.24. The number of phenolic OH excluding ortho intramolecular Hbond substituents is 1. The van der Waals surface area contributed by atoms with Crippen LogP contribution in [0, 0.1) is 5.92 Å². The lowest BCUT2D eigenvalue weighted by molar-refractivity contribution is 0.265. The molecule has 0 radical (unpaired) electrons. The Kier molecular flexibility index (Phi) is 5.77. The zero-order chi connectivity index (χ0) is 16.9. The van der Waals surface area contributed by atoms with E-state index in [1.54, 1.807) is 30.5 Å². The van der Waals surface area contributed by atoms with Crippen LogP contribution in [0.4, 0.5) is 0 Å². The van der Waals surface area contributed by atoms with Gasteiger partial charge in [0.2, 0.25) is 0 Å². The minimum absolute atomic E-state index is 0.0741. The van der Waals surface area contributed by atoms with Gasteiger partial charge in [0.1, 0.15) is 5.75 Å². The predicted molar refractivity (Wildman–Crippen MR) is 99.7 cm³/mol. The second kappa shape index (κ2) is 7.59. The second-order valence-electron chi connectivity index (χ2n) is 6.66. The molecule has 0 bridgehead atoms. The standard InChI is InChI=1S/C18H25N3OS/c1-13-4-8-15(9-5-13)18(2,3)20-17(23)21-19-12-14-6-10-16(22)11-7-14/h4,6-7,10-12,15,22H,5,8-9H2,1-3H3,(H2,20,21,23)/b19-12+/t15-/m0/s1. The summed E-state index contributed by atoms with van der Waals surface area (Å²) in [4.78, 5) is 0. The monoisotopic (exact) mass is 331 g/mol. The minimum Gasteiger partial charge on any atom is -0.508 e. The van der Waals surface area contributed by atoms with Crippen LogP contribution in [-0.2, 0) is 0 Å². The van der Waals surface area contributed by atoms with Crippen molar-refractivity contribution in [3.05, 3.63) is 41.5 Å². The highest BCUT2D eigenvalue weighted by molar-refractivity contribution is 7.80. The molecule has 1 aliphatic carbocycles. The fourth-order valence-electron chi connectivity index (χ4n) is 2.77. The first-order valence-electron chi connectivity index (χ1n) is 7.93. The Bertz CT molecular complexity index is 605. The molecule has 0 aliphatic heterocycles. The highest BCUT2D eigenvalue weighted by atomic mass is 32.1. The Hall–Kier alpha value is -1.88. The highest BCUT2D eigenvalue weighted by Gasteiger charge is 2.30. The highest BCUT2D eigenvalue weighted by Crippen LogP contribution is 2.31. The van der Waals surface area contributed by atoms with E-state index in [4.69, 9.17) is 12.2 Å². The lowest BCUT2D eigenvalue weighted by Crippen LogP contribution is -2.52. The summed E-state index contributed by atoms with van der Waals surface area (Å²) in [6.45, 7) is 6.56. The molecule has 0 unspecified atom stereocenters. The van der Waals surface area contributed by atoms with E-state index in [9.17, 15) is 5.11 Å². The number of phenols is 1. The van der Waals surface area contributed by atoms with Gasteiger partial charge in [0.05, 0.1) is 6.21 Å². The molecule has 3 N–H and O–H groups in total. The molecule has 1 atom stereocenters. The normalized spacial score (nSPS) is 18.6. The predicted octanol–water partition coefficient (Wildman–Crippen LogP) is 3.72. The van der Waals surface area contributed by atoms with E-state index in [0.717, 1.165) is 18.4 Å². The smallest absolute Gasteiger partial charge is 0.187 e. The molecule has 1 aromatic rings. The zero-order valence-electron chi connectivity index (χ0n) is 14.0. The molecule has 5 heteroatoms. The second-order valence-corrected chi connectivity index (χ2v) is 7.07. The van der Waals surface area contributed by atoms with Crippen molar-refractivity contribution in [1.29, 1.82) is 0 Å². The van der Waals surface area contributed by atoms with Crippen LogP contribution in [0.5, 0.6) is 5.75 Å². The zero-order valence-corrected chi connectivity index (χ0v) is 14.8. The molecule has 0 spiro atoms. The summed E-state index contributed by atoms with van der Waals surface area (Å²) in [5.41, 5.74) is 5.16. The molecule has 124 valence electrons. The van der Waals surface area contributed by atoms with Crippen LogP contribution >= 0.6 is 12.2 Å². The van der Waals surface area contributed by atoms with E-state index in [0.29, 0.717) is 11.0 Å². The molecule has 0 heterocycles. The summed E-state index contributed by atoms with van der Waals surface area (Å²) in [5.74, 6) is 0.804. The Morgan fingerprint density at radius 2 is 2.04 bits per heavy atom. The quantitative estimate of drug-likeness (QED) is 0.341. The maximum Gasteiger partial charge on any atom is 0.187 e. The number of hydrogen-bond donors (Lipinski definition) is 3. The van der Waals surface area contributed by atoms with Crippen LogP contribution in [0.1, 0.15) is 45.6 Å². The van der Waals surface area contributed by atoms with Crippen LogP contribution in [0.2, 0.25) is 0 Å². The number of aromatic hydroxyl groups is 1. The van der Waals surface area contributed by atoms with E-state index in [1.165, 1.54) is 12.0 Å². The molecule has 1 aromatic carbocycles. The van der Waals surface area contributed by atoms with Crippen LogP contribution < -0.4 is 10.7 Å². The van der Waals surface area contributed by atoms with Crippen LogP contribution in [-0.4, -0.2) is 22.0 Å². The number of nitrogens with one attached hydrogen (secondary N) is 2. The largest absolute Gasteiger partial charge is 0.508 e. The van der Waals surface area contributed by atoms with Crippen molar-refractivity contribution in [2.75, 3.05) is 0 Å². The van der Waals surface area contributed by atoms with Crippen molar-refractivity contribution in [3.8, 4) is 5.75 Å². The SMILES string of the molecule is CC1=CC[C@H](C(C)(C)NC(=S)N/N=C/c2ccc(O)cc2)CC1. The molecule has 1 aliphatic rings. The van der Waals surface area contributed by atoms with Crippen molar-refractivity contribution in [1.82, 2.24) is 10.7 Å². The Morgan fingerprint density at radius 3 is 2.65 bits per heavy atom. The summed E-state index contributed by atoms with van der Waals surface area (Å²) in [5, 5.41) is 17.3. The Labute approximate surface area is 143 Å². The van der Waals surface area contributed by atoms with Gasteiger partial charge in [-0.25, -0.2) is 0 Å². The number of thiocarbonyl (C=S) groups is 1. The van der Waals surface area contributed by atoms with E-state index in [1.807, 2.05) is 0 Å². The molecule has 2 rings (SSSR count). The van der Waals surface area contributed by atoms with E-state index >= 15 is 0 Å². The number of hydrazone groups is 1. The van der Waals surface area contributed by atoms with Gasteiger partial charge in [-0.1, -0.05) is 11.6 Å². The average molecular weight is 331 g/mol. The average Bonchev–Trinajstić information content (AvgIpc) is 2.49. The Balaban J connectivity index is 1.85. The van der Waals surface area contributed by atoms with Gasteiger partial charge >= 0.3 is 0 Å². The summed E-state index contributed by atoms with van der Waals surface area (Å²) in [6.07, 6.45) is 7.44. The van der Waals surface area contributed by atoms with E-state index in [2.05, 4.69) is 42.7 Å². The van der Waals surface area contributed by atoms with Gasteiger partial charge in [-0.3, -0.25) is 5.43 Å². The molecular weight excluding hydrogens is 306 g/mol. The summed E-state index contributed by atoms with van der Waals surface area (Å²) in [6, 6.07) is 6.83. The molecule has 23 heavy (non-hydrogen) atoms. The van der Waals surface area contributed by atoms with Crippen molar-refractivity contribution >= 4 is 23.5 Å². The summed E-state index contributed by atoms with van der Waals surface area (Å²) < 4.78 is 0. The third kappa shape index (κ3) is 5.36. The third-order valence-corrected chi connectivity index (χ3v) is 4.56. The number of nitrogens with zero attached hydrogens (tertiary/aromatic N) is 1. The van der Waals surface area contributed by atoms with E-state index in [-0.39, 0.29) is 11.3 Å². The number of allylic oxidation sites excluding steroid dienone is 2. The Morgan fingerprint density at radius 1 is 1.35 bits per heavy atom. The van der Waals surface area contributed by atoms with Gasteiger partial charge in [0.25, 0.3) is 0 Å². The molecule has 0 amide bonds. The maximum absolute atomic E-state index is 9.24. The van der Waals surface area contributed by atoms with Crippen molar-refractivity contribution in [2.24, 2.45) is 11.0 Å². The first-order valence-corrected chi connectivity index (χ1v) is 8.33. The van der Waals surface area contributed by atoms with Gasteiger partial charge in [-0.15, -0.1) is 0 Å². The first-order chi connectivity index (χ1) is 10.9. The van der Waals surface area contributed by atoms with Gasteiger partial charge in [0.15, 0.2) is 5.11 Å². The topological polar surface area (TPSA) is 56.7 Å². The summed E-state index contributed by atoms with van der Waals surface area (Å²) >= 11 is 5.34. The van der Waals surface area contributed by atoms with Crippen molar-refractivity contribution in [3.63, 3.8) is 0 Å². The molecule has 0 fully saturated rings. The fourth-order valence-corrected chi connectivity index (χ4v) is 3.08. The van der Waals surface area contributed by atoms with Crippen molar-refractivity contribution in [2.45, 2.75) is 45.6 Å². The third-order valence-electron chi connectivity index (χ3n) is 4.37. The first kappa shape index (κ1) is 17.5. The molecule has 0 saturated carbocycles. The summed E-state index contributed by atoms with van der Waals surface area (Å²) in [7, 11) is 0. The van der Waals surface area contributed by atoms with Gasteiger partial charge in [-0.05, 0) is 88.0 Å². The van der Waals surface area contributed by atoms with Crippen LogP contribution in [0.3, 0.4) is 0 Å². The van der Waals surface area contributed by atoms with E-state index < -0.39 is 0 Å². The number of benzene rings is 1. The lowest BCUT2D eigenvalue weighted by Gasteiger charge is -2.37. The molecule has 0 saturated heterocycles. The van der Waals surface area contributed by atoms with Crippen LogP contribution in [0.25, 0.3) is 0 Å². The van der Waals surface area contributed by atoms with Crippen molar-refractivity contribution < 1.29 is 5.11 Å². The molecule has 0 aromatic heterocycles. The fraction of sp³-hybridized carbons (Fsp3) is 0.444. The lowest BCUT2D eigenvalue weighted by atomic mass is 9.77. The van der Waals surface area contributed by atoms with Gasteiger partial charge < -0.3 is 10.4 Å². The number of rotatable bonds is 4. The van der Waals surface area contributed by atoms with Gasteiger partial charge in [-0.2, -0.15) is 5.10 Å². The van der Waals surface area contributed by atoms with Gasteiger partial charge in [0, 0.05) is 5.54 Å². The number of hydrogen-bond acceptors (Lipinski definition) is 3. The molecule has 4 nitrogen and oxygen atoms in total.